The molecule has 0 amide bonds. The zero-order valence-corrected chi connectivity index (χ0v) is 29.5. The second kappa shape index (κ2) is 12.2. The van der Waals surface area contributed by atoms with Crippen LogP contribution in [0.25, 0.3) is 88.4 Å². The fourth-order valence-electron chi connectivity index (χ4n) is 8.24. The number of nitrogens with zero attached hydrogens (tertiary/aromatic N) is 2. The van der Waals surface area contributed by atoms with Gasteiger partial charge in [-0.05, 0) is 101 Å². The summed E-state index contributed by atoms with van der Waals surface area (Å²) in [4.78, 5) is 0. The molecule has 0 fully saturated rings. The smallest absolute Gasteiger partial charge is 0.139 e. The Labute approximate surface area is 305 Å². The zero-order valence-electron chi connectivity index (χ0n) is 29.5. The van der Waals surface area contributed by atoms with Gasteiger partial charge in [-0.2, -0.15) is 0 Å². The maximum Gasteiger partial charge on any atom is 0.139 e. The number of hydrogen-bond donors (Lipinski definition) is 0. The Bertz CT molecular complexity index is 2890. The van der Waals surface area contributed by atoms with Crippen molar-refractivity contribution in [2.75, 3.05) is 0 Å². The quantitative estimate of drug-likeness (QED) is 0.163. The summed E-state index contributed by atoms with van der Waals surface area (Å²) in [6.07, 6.45) is 9.12. The first kappa shape index (κ1) is 30.6. The molecule has 9 aromatic rings. The first-order valence-electron chi connectivity index (χ1n) is 18.3. The van der Waals surface area contributed by atoms with Crippen LogP contribution in [0, 0.1) is 0 Å². The summed E-state index contributed by atoms with van der Waals surface area (Å²) < 4.78 is 4.81. The molecule has 7 aromatic carbocycles. The third-order valence-electron chi connectivity index (χ3n) is 10.9. The van der Waals surface area contributed by atoms with Crippen molar-refractivity contribution in [3.05, 3.63) is 170 Å². The molecular formula is C48H36B2N2. The maximum atomic E-state index is 2.43. The molecule has 2 heterocycles. The van der Waals surface area contributed by atoms with E-state index in [0.717, 1.165) is 12.8 Å². The highest BCUT2D eigenvalue weighted by molar-refractivity contribution is 6.34. The fraction of sp³-hybridized carbons (Fsp3) is 0.0417. The van der Waals surface area contributed by atoms with E-state index in [1.165, 1.54) is 99.3 Å². The monoisotopic (exact) mass is 662 g/mol. The molecule has 2 aromatic heterocycles. The van der Waals surface area contributed by atoms with Crippen LogP contribution < -0.4 is 10.9 Å². The van der Waals surface area contributed by atoms with E-state index < -0.39 is 0 Å². The van der Waals surface area contributed by atoms with Crippen LogP contribution in [-0.4, -0.2) is 24.8 Å². The molecule has 0 radical (unpaired) electrons. The lowest BCUT2D eigenvalue weighted by molar-refractivity contribution is 1.02. The molecule has 0 saturated carbocycles. The van der Waals surface area contributed by atoms with Gasteiger partial charge in [-0.3, -0.25) is 0 Å². The molecular weight excluding hydrogens is 626 g/mol. The van der Waals surface area contributed by atoms with E-state index in [1.807, 2.05) is 0 Å². The normalized spacial score (nSPS) is 13.0. The number of rotatable bonds is 5. The lowest BCUT2D eigenvalue weighted by Crippen LogP contribution is -2.01. The minimum absolute atomic E-state index is 1.09. The van der Waals surface area contributed by atoms with Gasteiger partial charge in [0.15, 0.2) is 0 Å². The third kappa shape index (κ3) is 5.06. The summed E-state index contributed by atoms with van der Waals surface area (Å²) in [5.74, 6) is 0. The van der Waals surface area contributed by atoms with E-state index in [2.05, 4.69) is 195 Å². The van der Waals surface area contributed by atoms with Gasteiger partial charge in [-0.15, -0.1) is 0 Å². The molecule has 0 bridgehead atoms. The highest BCUT2D eigenvalue weighted by atomic mass is 15.0. The molecule has 0 atom stereocenters. The topological polar surface area (TPSA) is 9.86 Å². The highest BCUT2D eigenvalue weighted by Gasteiger charge is 2.16. The molecule has 0 unspecified atom stereocenters. The molecule has 0 spiro atoms. The van der Waals surface area contributed by atoms with Crippen molar-refractivity contribution in [1.82, 2.24) is 9.13 Å². The minimum atomic E-state index is 1.09. The van der Waals surface area contributed by atoms with E-state index in [4.69, 9.17) is 0 Å². The molecule has 0 saturated heterocycles. The van der Waals surface area contributed by atoms with Gasteiger partial charge in [-0.1, -0.05) is 126 Å². The summed E-state index contributed by atoms with van der Waals surface area (Å²) in [5.41, 5.74) is 17.3. The summed E-state index contributed by atoms with van der Waals surface area (Å²) in [6.45, 7) is 0. The Morgan fingerprint density at radius 2 is 0.808 bits per heavy atom. The zero-order chi connectivity index (χ0) is 34.8. The van der Waals surface area contributed by atoms with Gasteiger partial charge >= 0.3 is 0 Å². The summed E-state index contributed by atoms with van der Waals surface area (Å²) >= 11 is 0. The highest BCUT2D eigenvalue weighted by Crippen LogP contribution is 2.37. The summed E-state index contributed by atoms with van der Waals surface area (Å²) in [7, 11) is 4.36. The standard InChI is InChI=1S/C48H36B2N2/c49-37-21-25-47-43(29-37)41-27-35(19-23-45(41)51(47)39-7-3-1-4-8-39)33-15-11-31(12-16-33)32-13-17-34(18-14-32)36-20-24-46-42(28-36)44-30-38(50)22-26-48(44)52(46)40-9-5-2-6-10-40/h1,3-5,7-30H,2,6,49-50H2. The first-order chi connectivity index (χ1) is 25.6. The molecule has 0 aliphatic heterocycles. The fourth-order valence-corrected chi connectivity index (χ4v) is 8.24. The molecule has 1 aliphatic carbocycles. The molecule has 0 N–H and O–H groups in total. The predicted molar refractivity (Wildman–Crippen MR) is 229 cm³/mol. The van der Waals surface area contributed by atoms with Crippen molar-refractivity contribution in [3.63, 3.8) is 0 Å². The van der Waals surface area contributed by atoms with Crippen molar-refractivity contribution in [1.29, 1.82) is 0 Å². The average Bonchev–Trinajstić information content (AvgIpc) is 3.70. The van der Waals surface area contributed by atoms with E-state index in [0.29, 0.717) is 0 Å². The van der Waals surface area contributed by atoms with Gasteiger partial charge in [0, 0.05) is 32.9 Å². The molecule has 4 heteroatoms. The molecule has 52 heavy (non-hydrogen) atoms. The van der Waals surface area contributed by atoms with Gasteiger partial charge in [0.2, 0.25) is 0 Å². The predicted octanol–water partition coefficient (Wildman–Crippen LogP) is 9.60. The minimum Gasteiger partial charge on any atom is -0.310 e. The van der Waals surface area contributed by atoms with Gasteiger partial charge in [0.25, 0.3) is 0 Å². The van der Waals surface area contributed by atoms with Crippen LogP contribution in [0.15, 0.2) is 170 Å². The lowest BCUT2D eigenvalue weighted by atomic mass is 9.93. The summed E-state index contributed by atoms with van der Waals surface area (Å²) in [5, 5.41) is 5.18. The van der Waals surface area contributed by atoms with Crippen LogP contribution in [0.5, 0.6) is 0 Å². The van der Waals surface area contributed by atoms with Crippen LogP contribution in [0.2, 0.25) is 0 Å². The number of allylic oxidation sites excluding steroid dienone is 4. The Balaban J connectivity index is 0.970. The Morgan fingerprint density at radius 1 is 0.385 bits per heavy atom. The van der Waals surface area contributed by atoms with E-state index >= 15 is 0 Å². The maximum absolute atomic E-state index is 2.43. The number of hydrogen-bond acceptors (Lipinski definition) is 0. The Morgan fingerprint density at radius 3 is 1.29 bits per heavy atom. The largest absolute Gasteiger partial charge is 0.310 e. The SMILES string of the molecule is Bc1ccc2c(c1)c1cc(-c3ccc(-c4ccc(-c5ccc6c(c5)c5cc(B)ccc5n6-c5ccccc5)cc4)cc3)ccc1n2C1=CCCC=C1. The van der Waals surface area contributed by atoms with Gasteiger partial charge in [0.05, 0.1) is 22.1 Å². The number of aromatic nitrogens is 2. The van der Waals surface area contributed by atoms with Gasteiger partial charge < -0.3 is 9.13 Å². The van der Waals surface area contributed by atoms with Crippen LogP contribution in [0.4, 0.5) is 0 Å². The van der Waals surface area contributed by atoms with E-state index in [1.54, 1.807) is 0 Å². The molecule has 2 nitrogen and oxygen atoms in total. The lowest BCUT2D eigenvalue weighted by Gasteiger charge is -2.12. The van der Waals surface area contributed by atoms with Gasteiger partial charge in [0.1, 0.15) is 15.7 Å². The molecule has 1 aliphatic rings. The number of fused-ring (bicyclic) bond motifs is 6. The van der Waals surface area contributed by atoms with Crippen LogP contribution in [0.1, 0.15) is 12.8 Å². The van der Waals surface area contributed by atoms with E-state index in [-0.39, 0.29) is 0 Å². The number of benzene rings is 7. The van der Waals surface area contributed by atoms with Crippen LogP contribution in [-0.2, 0) is 0 Å². The second-order valence-corrected chi connectivity index (χ2v) is 14.3. The van der Waals surface area contributed by atoms with Crippen LogP contribution in [0.3, 0.4) is 0 Å². The first-order valence-corrected chi connectivity index (χ1v) is 18.3. The third-order valence-corrected chi connectivity index (χ3v) is 10.9. The second-order valence-electron chi connectivity index (χ2n) is 14.3. The Kier molecular flexibility index (Phi) is 7.18. The van der Waals surface area contributed by atoms with Crippen molar-refractivity contribution in [2.24, 2.45) is 0 Å². The van der Waals surface area contributed by atoms with Crippen molar-refractivity contribution >= 4 is 75.9 Å². The van der Waals surface area contributed by atoms with Crippen LogP contribution >= 0.6 is 0 Å². The molecule has 10 rings (SSSR count). The van der Waals surface area contributed by atoms with E-state index in [9.17, 15) is 0 Å². The van der Waals surface area contributed by atoms with Crippen molar-refractivity contribution < 1.29 is 0 Å². The van der Waals surface area contributed by atoms with Crippen molar-refractivity contribution in [2.45, 2.75) is 12.8 Å². The van der Waals surface area contributed by atoms with Gasteiger partial charge in [-0.25, -0.2) is 0 Å². The molecule has 244 valence electrons. The average molecular weight is 662 g/mol. The number of para-hydroxylation sites is 1. The Hall–Kier alpha value is -6.25. The summed E-state index contributed by atoms with van der Waals surface area (Å²) in [6, 6.07) is 56.2. The van der Waals surface area contributed by atoms with Crippen molar-refractivity contribution in [3.8, 4) is 39.1 Å².